The molecule has 6 nitrogen and oxygen atoms in total. The van der Waals surface area contributed by atoms with Gasteiger partial charge in [0.25, 0.3) is 5.91 Å². The predicted octanol–water partition coefficient (Wildman–Crippen LogP) is 1.06. The van der Waals surface area contributed by atoms with E-state index in [1.807, 2.05) is 13.0 Å². The first-order valence-corrected chi connectivity index (χ1v) is 6.61. The normalized spacial score (nSPS) is 10.3. The maximum absolute atomic E-state index is 12.0. The van der Waals surface area contributed by atoms with E-state index < -0.39 is 0 Å². The van der Waals surface area contributed by atoms with Crippen LogP contribution in [0.3, 0.4) is 0 Å². The quantitative estimate of drug-likeness (QED) is 0.358. The monoisotopic (exact) mass is 281 g/mol. The van der Waals surface area contributed by atoms with Crippen molar-refractivity contribution in [3.8, 4) is 0 Å². The summed E-state index contributed by atoms with van der Waals surface area (Å²) in [5.41, 5.74) is 4.88. The number of nitrogen functional groups attached to an aromatic ring is 1. The molecule has 20 heavy (non-hydrogen) atoms. The minimum Gasteiger partial charge on any atom is -0.382 e. The van der Waals surface area contributed by atoms with Gasteiger partial charge in [-0.3, -0.25) is 10.6 Å². The zero-order valence-electron chi connectivity index (χ0n) is 12.1. The molecule has 0 atom stereocenters. The van der Waals surface area contributed by atoms with Gasteiger partial charge in [0.15, 0.2) is 0 Å². The van der Waals surface area contributed by atoms with Gasteiger partial charge in [0, 0.05) is 31.5 Å². The fourth-order valence-corrected chi connectivity index (χ4v) is 1.72. The fraction of sp³-hybridized carbons (Fsp3) is 0.500. The first-order valence-electron chi connectivity index (χ1n) is 6.61. The lowest BCUT2D eigenvalue weighted by Gasteiger charge is -2.09. The highest BCUT2D eigenvalue weighted by atomic mass is 16.5. The molecule has 4 N–H and O–H groups in total. The predicted molar refractivity (Wildman–Crippen MR) is 78.6 cm³/mol. The van der Waals surface area contributed by atoms with Gasteiger partial charge in [0.2, 0.25) is 0 Å². The van der Waals surface area contributed by atoms with Crippen LogP contribution in [0.25, 0.3) is 0 Å². The largest absolute Gasteiger partial charge is 0.382 e. The number of hydrogen-bond donors (Lipinski definition) is 3. The van der Waals surface area contributed by atoms with Crippen LogP contribution in [-0.2, 0) is 9.47 Å². The Morgan fingerprint density at radius 1 is 1.30 bits per heavy atom. The molecule has 0 radical (unpaired) electrons. The first kappa shape index (κ1) is 16.4. The lowest BCUT2D eigenvalue weighted by Crippen LogP contribution is -2.26. The van der Waals surface area contributed by atoms with Crippen molar-refractivity contribution in [2.24, 2.45) is 5.84 Å². The van der Waals surface area contributed by atoms with Crippen molar-refractivity contribution in [3.63, 3.8) is 0 Å². The number of carbonyl (C=O) groups excluding carboxylic acids is 1. The van der Waals surface area contributed by atoms with Crippen molar-refractivity contribution in [3.05, 3.63) is 29.3 Å². The van der Waals surface area contributed by atoms with E-state index in [0.29, 0.717) is 31.9 Å². The highest BCUT2D eigenvalue weighted by Gasteiger charge is 2.08. The van der Waals surface area contributed by atoms with Crippen molar-refractivity contribution < 1.29 is 14.3 Å². The van der Waals surface area contributed by atoms with Crippen LogP contribution < -0.4 is 16.6 Å². The van der Waals surface area contributed by atoms with Gasteiger partial charge in [-0.05, 0) is 37.1 Å². The number of methoxy groups -OCH3 is 1. The van der Waals surface area contributed by atoms with E-state index >= 15 is 0 Å². The van der Waals surface area contributed by atoms with Crippen molar-refractivity contribution >= 4 is 11.6 Å². The molecule has 1 rings (SSSR count). The smallest absolute Gasteiger partial charge is 0.251 e. The average molecular weight is 281 g/mol. The molecular formula is C14H23N3O3. The summed E-state index contributed by atoms with van der Waals surface area (Å²) in [5, 5.41) is 2.87. The van der Waals surface area contributed by atoms with Gasteiger partial charge in [0.1, 0.15) is 0 Å². The number of ether oxygens (including phenoxy) is 2. The first-order chi connectivity index (χ1) is 9.69. The lowest BCUT2D eigenvalue weighted by molar-refractivity contribution is 0.0688. The number of rotatable bonds is 9. The van der Waals surface area contributed by atoms with Crippen molar-refractivity contribution in [2.75, 3.05) is 38.9 Å². The molecule has 0 unspecified atom stereocenters. The van der Waals surface area contributed by atoms with Gasteiger partial charge in [-0.25, -0.2) is 0 Å². The van der Waals surface area contributed by atoms with Crippen molar-refractivity contribution in [1.82, 2.24) is 5.32 Å². The Morgan fingerprint density at radius 2 is 2.10 bits per heavy atom. The Labute approximate surface area is 119 Å². The number of anilines is 1. The summed E-state index contributed by atoms with van der Waals surface area (Å²) in [6.07, 6.45) is 0.775. The van der Waals surface area contributed by atoms with Gasteiger partial charge in [-0.15, -0.1) is 0 Å². The Bertz CT molecular complexity index is 424. The van der Waals surface area contributed by atoms with Crippen LogP contribution >= 0.6 is 0 Å². The van der Waals surface area contributed by atoms with Crippen LogP contribution in [0.5, 0.6) is 0 Å². The van der Waals surface area contributed by atoms with Gasteiger partial charge in [0.05, 0.1) is 13.2 Å². The number of aryl methyl sites for hydroxylation is 1. The maximum atomic E-state index is 12.0. The van der Waals surface area contributed by atoms with Crippen LogP contribution in [-0.4, -0.2) is 39.4 Å². The third-order valence-corrected chi connectivity index (χ3v) is 2.82. The summed E-state index contributed by atoms with van der Waals surface area (Å²) >= 11 is 0. The summed E-state index contributed by atoms with van der Waals surface area (Å²) in [7, 11) is 1.64. The van der Waals surface area contributed by atoms with E-state index in [4.69, 9.17) is 15.3 Å². The molecular weight excluding hydrogens is 258 g/mol. The number of hydrazine groups is 1. The van der Waals surface area contributed by atoms with Crippen LogP contribution in [0.4, 0.5) is 5.69 Å². The standard InChI is InChI=1S/C14H23N3O3/c1-11-10-12(17-15)4-5-13(11)14(18)16-6-3-7-20-9-8-19-2/h4-5,10,17H,3,6-9,15H2,1-2H3,(H,16,18). The molecule has 0 fully saturated rings. The summed E-state index contributed by atoms with van der Waals surface area (Å²) in [6.45, 7) is 4.24. The summed E-state index contributed by atoms with van der Waals surface area (Å²) in [4.78, 5) is 12.0. The van der Waals surface area contributed by atoms with Crippen LogP contribution in [0, 0.1) is 6.92 Å². The van der Waals surface area contributed by atoms with Gasteiger partial charge >= 0.3 is 0 Å². The molecule has 0 heterocycles. The summed E-state index contributed by atoms with van der Waals surface area (Å²) in [6, 6.07) is 5.37. The topological polar surface area (TPSA) is 85.6 Å². The molecule has 112 valence electrons. The number of carbonyl (C=O) groups is 1. The molecule has 0 aliphatic carbocycles. The second-order valence-electron chi connectivity index (χ2n) is 4.39. The zero-order valence-corrected chi connectivity index (χ0v) is 12.1. The van der Waals surface area contributed by atoms with Crippen molar-refractivity contribution in [1.29, 1.82) is 0 Å². The van der Waals surface area contributed by atoms with Crippen LogP contribution in [0.2, 0.25) is 0 Å². The molecule has 0 saturated carbocycles. The molecule has 0 spiro atoms. The molecule has 1 amide bonds. The molecule has 0 aliphatic heterocycles. The van der Waals surface area contributed by atoms with E-state index in [2.05, 4.69) is 10.7 Å². The Morgan fingerprint density at radius 3 is 2.75 bits per heavy atom. The maximum Gasteiger partial charge on any atom is 0.251 e. The molecule has 0 aromatic heterocycles. The molecule has 0 saturated heterocycles. The molecule has 1 aromatic carbocycles. The zero-order chi connectivity index (χ0) is 14.8. The minimum atomic E-state index is -0.0806. The molecule has 1 aromatic rings. The second kappa shape index (κ2) is 9.30. The highest BCUT2D eigenvalue weighted by Crippen LogP contribution is 2.14. The number of hydrogen-bond acceptors (Lipinski definition) is 5. The SMILES string of the molecule is COCCOCCCNC(=O)c1ccc(NN)cc1C. The minimum absolute atomic E-state index is 0.0806. The third kappa shape index (κ3) is 5.56. The Kier molecular flexibility index (Phi) is 7.64. The van der Waals surface area contributed by atoms with E-state index in [9.17, 15) is 4.79 Å². The Hall–Kier alpha value is -1.63. The van der Waals surface area contributed by atoms with Crippen molar-refractivity contribution in [2.45, 2.75) is 13.3 Å². The number of nitrogens with one attached hydrogen (secondary N) is 2. The van der Waals surface area contributed by atoms with Crippen LogP contribution in [0.15, 0.2) is 18.2 Å². The number of amides is 1. The van der Waals surface area contributed by atoms with E-state index in [-0.39, 0.29) is 5.91 Å². The fourth-order valence-electron chi connectivity index (χ4n) is 1.72. The number of benzene rings is 1. The molecule has 6 heteroatoms. The van der Waals surface area contributed by atoms with Gasteiger partial charge < -0.3 is 20.2 Å². The van der Waals surface area contributed by atoms with Gasteiger partial charge in [-0.1, -0.05) is 0 Å². The van der Waals surface area contributed by atoms with Crippen LogP contribution in [0.1, 0.15) is 22.3 Å². The third-order valence-electron chi connectivity index (χ3n) is 2.82. The van der Waals surface area contributed by atoms with Gasteiger partial charge in [-0.2, -0.15) is 0 Å². The molecule has 0 aliphatic rings. The van der Waals surface area contributed by atoms with E-state index in [1.165, 1.54) is 0 Å². The second-order valence-corrected chi connectivity index (χ2v) is 4.39. The number of nitrogens with two attached hydrogens (primary N) is 1. The lowest BCUT2D eigenvalue weighted by atomic mass is 10.1. The Balaban J connectivity index is 2.29. The summed E-state index contributed by atoms with van der Waals surface area (Å²) < 4.78 is 10.2. The van der Waals surface area contributed by atoms with E-state index in [0.717, 1.165) is 17.7 Å². The molecule has 0 bridgehead atoms. The average Bonchev–Trinajstić information content (AvgIpc) is 2.45. The van der Waals surface area contributed by atoms with E-state index in [1.54, 1.807) is 19.2 Å². The summed E-state index contributed by atoms with van der Waals surface area (Å²) in [5.74, 6) is 5.24. The highest BCUT2D eigenvalue weighted by molar-refractivity contribution is 5.96.